The number of hydrogen-bond acceptors (Lipinski definition) is 13. The van der Waals surface area contributed by atoms with Crippen LogP contribution in [-0.2, 0) is 74.9 Å². The molecule has 13 nitrogen and oxygen atoms in total. The number of carbonyl (C=O) groups excluding carboxylic acids is 6. The molecule has 4 rings (SSSR count). The van der Waals surface area contributed by atoms with Gasteiger partial charge in [-0.05, 0) is 40.3 Å². The van der Waals surface area contributed by atoms with Crippen molar-refractivity contribution >= 4 is 45.6 Å². The molecule has 0 saturated heterocycles. The van der Waals surface area contributed by atoms with Gasteiger partial charge in [-0.3, -0.25) is 24.0 Å². The Morgan fingerprint density at radius 1 is 0.550 bits per heavy atom. The van der Waals surface area contributed by atoms with Gasteiger partial charge in [-0.15, -0.1) is 0 Å². The number of ether oxygens (including phenoxy) is 4. The summed E-state index contributed by atoms with van der Waals surface area (Å²) in [7, 11) is -1.16. The Kier molecular flexibility index (Phi) is 20.0. The zero-order valence-electron chi connectivity index (χ0n) is 33.6. The first-order valence-corrected chi connectivity index (χ1v) is 19.3. The quantitative estimate of drug-likeness (QED) is 0.0415. The number of hydrogen-bond donors (Lipinski definition) is 0. The lowest BCUT2D eigenvalue weighted by Gasteiger charge is -2.18. The molecule has 0 amide bonds. The van der Waals surface area contributed by atoms with Crippen molar-refractivity contribution < 1.29 is 73.5 Å². The van der Waals surface area contributed by atoms with Crippen LogP contribution in [0.15, 0.2) is 109 Å². The fourth-order valence-electron chi connectivity index (χ4n) is 5.24. The van der Waals surface area contributed by atoms with Crippen LogP contribution in [0.1, 0.15) is 31.4 Å². The van der Waals surface area contributed by atoms with E-state index in [0.717, 1.165) is 47.4 Å². The first-order valence-electron chi connectivity index (χ1n) is 17.9. The van der Waals surface area contributed by atoms with Gasteiger partial charge in [0.1, 0.15) is 18.1 Å². The summed E-state index contributed by atoms with van der Waals surface area (Å²) >= 11 is 0. The second kappa shape index (κ2) is 24.0. The predicted octanol–water partition coefficient (Wildman–Crippen LogP) is 6.51. The van der Waals surface area contributed by atoms with E-state index < -0.39 is 57.4 Å². The Balaban J connectivity index is 0.000000326. The molecule has 0 fully saturated rings. The van der Waals surface area contributed by atoms with Crippen LogP contribution < -0.4 is 0 Å². The van der Waals surface area contributed by atoms with Crippen LogP contribution in [0.25, 0.3) is 22.3 Å². The van der Waals surface area contributed by atoms with Crippen LogP contribution in [0.3, 0.4) is 0 Å². The number of benzene rings is 4. The summed E-state index contributed by atoms with van der Waals surface area (Å²) in [6.45, 7) is 2.32. The molecule has 3 atom stereocenters. The van der Waals surface area contributed by atoms with Crippen molar-refractivity contribution in [3.05, 3.63) is 120 Å². The van der Waals surface area contributed by atoms with Crippen molar-refractivity contribution in [2.45, 2.75) is 44.7 Å². The van der Waals surface area contributed by atoms with E-state index in [4.69, 9.17) is 4.74 Å². The lowest BCUT2D eigenvalue weighted by molar-refractivity contribution is -0.160. The number of esters is 4. The number of rotatable bonds is 15. The van der Waals surface area contributed by atoms with Crippen LogP contribution >= 0.6 is 0 Å². The molecule has 0 N–H and O–H groups in total. The first-order chi connectivity index (χ1) is 28.3. The fourth-order valence-corrected chi connectivity index (χ4v) is 5.81. The summed E-state index contributed by atoms with van der Waals surface area (Å²) in [5, 5.41) is 0. The number of methoxy groups -OCH3 is 4. The molecular weight excluding hydrogens is 814 g/mol. The third-order valence-corrected chi connectivity index (χ3v) is 9.54. The average Bonchev–Trinajstić information content (AvgIpc) is 3.23. The maximum atomic E-state index is 12.6. The molecule has 0 saturated carbocycles. The van der Waals surface area contributed by atoms with Gasteiger partial charge in [0.15, 0.2) is 11.9 Å². The number of Topliss-reactive ketones (excluding diaryl/α,β-unsaturated/α-hetero) is 2. The minimum atomic E-state index is -5.75. The van der Waals surface area contributed by atoms with Crippen molar-refractivity contribution in [2.75, 3.05) is 28.4 Å². The molecule has 2 unspecified atom stereocenters. The van der Waals surface area contributed by atoms with E-state index in [9.17, 15) is 50.4 Å². The van der Waals surface area contributed by atoms with Crippen LogP contribution in [0.4, 0.5) is 13.2 Å². The summed E-state index contributed by atoms with van der Waals surface area (Å²) in [5.74, 6) is -5.63. The molecule has 0 radical (unpaired) electrons. The van der Waals surface area contributed by atoms with Crippen molar-refractivity contribution in [3.8, 4) is 22.3 Å². The second-order valence-corrected chi connectivity index (χ2v) is 14.3. The normalized spacial score (nSPS) is 12.3. The van der Waals surface area contributed by atoms with Crippen LogP contribution in [0.2, 0.25) is 0 Å². The molecule has 4 aromatic carbocycles. The SMILES string of the molecule is COC(=O)C(C(=O)Cc1ccc(-c2ccccc2)cc1)[C@@H](C)C(=O)OC.COC(=O)C(C)OS(=O)(=O)C(F)(F)F.COC(=O)CC(=O)Cc1ccc(-c2ccccc2)cc1. The Labute approximate surface area is 345 Å². The summed E-state index contributed by atoms with van der Waals surface area (Å²) in [5.41, 5.74) is 0.482. The number of ketones is 2. The highest BCUT2D eigenvalue weighted by Gasteiger charge is 2.49. The van der Waals surface area contributed by atoms with Crippen LogP contribution in [0, 0.1) is 11.8 Å². The summed E-state index contributed by atoms with van der Waals surface area (Å²) in [4.78, 5) is 69.5. The molecule has 60 heavy (non-hydrogen) atoms. The number of alkyl halides is 3. The standard InChI is InChI=1S/C21H22O5.C17H16O3.C5H7F3O5S/c1-14(20(23)25-2)19(21(24)26-3)18(22)13-15-9-11-17(12-10-15)16-7-5-4-6-8-16;1-20-17(19)12-16(18)11-13-7-9-15(10-8-13)14-5-3-2-4-6-14;1-3(4(9)12-2)13-14(10,11)5(6,7)8/h4-12,14,19H,13H2,1-3H3;2-10H,11-12H2,1H3;3H,1-2H3/t14-,19?;;/m1../s1. The highest BCUT2D eigenvalue weighted by Crippen LogP contribution is 2.26. The van der Waals surface area contributed by atoms with Gasteiger partial charge in [-0.2, -0.15) is 21.6 Å². The predicted molar refractivity (Wildman–Crippen MR) is 212 cm³/mol. The Morgan fingerprint density at radius 2 is 0.950 bits per heavy atom. The smallest absolute Gasteiger partial charge is 0.469 e. The van der Waals surface area contributed by atoms with E-state index in [0.29, 0.717) is 0 Å². The van der Waals surface area contributed by atoms with Gasteiger partial charge in [-0.1, -0.05) is 116 Å². The molecule has 322 valence electrons. The van der Waals surface area contributed by atoms with Gasteiger partial charge < -0.3 is 18.9 Å². The molecule has 0 bridgehead atoms. The monoisotopic (exact) mass is 858 g/mol. The lowest BCUT2D eigenvalue weighted by atomic mass is 9.87. The highest BCUT2D eigenvalue weighted by atomic mass is 32.2. The van der Waals surface area contributed by atoms with Crippen LogP contribution in [0.5, 0.6) is 0 Å². The minimum absolute atomic E-state index is 0.0379. The maximum absolute atomic E-state index is 12.6. The molecule has 17 heteroatoms. The van der Waals surface area contributed by atoms with Gasteiger partial charge >= 0.3 is 39.5 Å². The van der Waals surface area contributed by atoms with Gasteiger partial charge in [0.2, 0.25) is 0 Å². The van der Waals surface area contributed by atoms with Crippen molar-refractivity contribution in [1.82, 2.24) is 0 Å². The second-order valence-electron chi connectivity index (χ2n) is 12.7. The molecular formula is C43H45F3O13S. The Hall–Kier alpha value is -6.20. The molecule has 0 aliphatic carbocycles. The molecule has 0 aliphatic rings. The molecule has 0 aromatic heterocycles. The van der Waals surface area contributed by atoms with E-state index in [1.165, 1.54) is 28.3 Å². The first kappa shape index (κ1) is 49.9. The van der Waals surface area contributed by atoms with E-state index in [2.05, 4.69) is 18.4 Å². The topological polar surface area (TPSA) is 183 Å². The van der Waals surface area contributed by atoms with Crippen molar-refractivity contribution in [1.29, 1.82) is 0 Å². The van der Waals surface area contributed by atoms with Crippen molar-refractivity contribution in [2.24, 2.45) is 11.8 Å². The Morgan fingerprint density at radius 3 is 1.33 bits per heavy atom. The average molecular weight is 859 g/mol. The van der Waals surface area contributed by atoms with E-state index in [1.807, 2.05) is 109 Å². The van der Waals surface area contributed by atoms with Gasteiger partial charge in [0, 0.05) is 12.8 Å². The zero-order valence-corrected chi connectivity index (χ0v) is 34.4. The maximum Gasteiger partial charge on any atom is 0.523 e. The van der Waals surface area contributed by atoms with Crippen molar-refractivity contribution in [3.63, 3.8) is 0 Å². The third kappa shape index (κ3) is 15.9. The minimum Gasteiger partial charge on any atom is -0.469 e. The molecule has 0 heterocycles. The molecule has 0 spiro atoms. The van der Waals surface area contributed by atoms with Gasteiger partial charge in [-0.25, -0.2) is 8.98 Å². The number of carbonyl (C=O) groups is 6. The summed E-state index contributed by atoms with van der Waals surface area (Å²) < 4.78 is 77.1. The molecule has 4 aromatic rings. The third-order valence-electron chi connectivity index (χ3n) is 8.43. The zero-order chi connectivity index (χ0) is 45.0. The summed E-state index contributed by atoms with van der Waals surface area (Å²) in [6, 6.07) is 35.2. The summed E-state index contributed by atoms with van der Waals surface area (Å²) in [6.07, 6.45) is -1.70. The Bertz CT molecular complexity index is 2140. The molecule has 0 aliphatic heterocycles. The fraction of sp³-hybridized carbons (Fsp3) is 0.302. The van der Waals surface area contributed by atoms with Gasteiger partial charge in [0.25, 0.3) is 0 Å². The van der Waals surface area contributed by atoms with Gasteiger partial charge in [0.05, 0.1) is 34.4 Å². The van der Waals surface area contributed by atoms with Crippen LogP contribution in [-0.4, -0.2) is 83.9 Å². The largest absolute Gasteiger partial charge is 0.523 e. The van der Waals surface area contributed by atoms with E-state index in [-0.39, 0.29) is 30.8 Å². The lowest BCUT2D eigenvalue weighted by Crippen LogP contribution is -2.36. The highest BCUT2D eigenvalue weighted by molar-refractivity contribution is 7.87. The number of halogens is 3. The van der Waals surface area contributed by atoms with E-state index >= 15 is 0 Å². The van der Waals surface area contributed by atoms with E-state index in [1.54, 1.807) is 0 Å².